The molecule has 142 valence electrons. The van der Waals surface area contributed by atoms with E-state index in [1.54, 1.807) is 6.20 Å². The van der Waals surface area contributed by atoms with E-state index in [1.165, 1.54) is 11.8 Å². The van der Waals surface area contributed by atoms with Gasteiger partial charge in [-0.05, 0) is 30.0 Å². The van der Waals surface area contributed by atoms with Gasteiger partial charge in [0.2, 0.25) is 0 Å². The van der Waals surface area contributed by atoms with Crippen molar-refractivity contribution >= 4 is 61.8 Å². The van der Waals surface area contributed by atoms with Gasteiger partial charge in [-0.2, -0.15) is 5.10 Å². The molecule has 1 N–H and O–H groups in total. The van der Waals surface area contributed by atoms with Gasteiger partial charge in [0.05, 0.1) is 23.5 Å². The molecule has 1 unspecified atom stereocenters. The molecule has 4 rings (SSSR count). The lowest BCUT2D eigenvalue weighted by molar-refractivity contribution is 0.613. The number of hydrogen-bond acceptors (Lipinski definition) is 5. The Morgan fingerprint density at radius 2 is 1.96 bits per heavy atom. The van der Waals surface area contributed by atoms with Crippen LogP contribution < -0.4 is 5.32 Å². The topological polar surface area (TPSA) is 55.6 Å². The Kier molecular flexibility index (Phi) is 5.85. The van der Waals surface area contributed by atoms with Crippen molar-refractivity contribution in [3.63, 3.8) is 0 Å². The summed E-state index contributed by atoms with van der Waals surface area (Å²) in [6.45, 7) is 0.524. The van der Waals surface area contributed by atoms with E-state index in [2.05, 4.69) is 36.3 Å². The Morgan fingerprint density at radius 3 is 2.71 bits per heavy atom. The predicted molar refractivity (Wildman–Crippen MR) is 120 cm³/mol. The maximum Gasteiger partial charge on any atom is 0.191 e. The summed E-state index contributed by atoms with van der Waals surface area (Å²) in [5.41, 5.74) is 2.76. The number of benzene rings is 2. The zero-order chi connectivity index (χ0) is 19.5. The fourth-order valence-electron chi connectivity index (χ4n) is 2.88. The zero-order valence-electron chi connectivity index (χ0n) is 15.0. The fraction of sp³-hybridized carbons (Fsp3) is 0.150. The molecule has 2 aromatic heterocycles. The molecule has 1 atom stereocenters. The Bertz CT molecular complexity index is 1100. The number of nitrogens with zero attached hydrogens (tertiary/aromatic N) is 4. The van der Waals surface area contributed by atoms with E-state index in [9.17, 15) is 0 Å². The molecule has 0 aliphatic heterocycles. The van der Waals surface area contributed by atoms with Crippen LogP contribution in [0, 0.1) is 0 Å². The molecule has 5 nitrogen and oxygen atoms in total. The van der Waals surface area contributed by atoms with Crippen molar-refractivity contribution < 1.29 is 0 Å². The number of hydrogen-bond donors (Lipinski definition) is 1. The number of thioether (sulfide) groups is 1. The highest BCUT2D eigenvalue weighted by Gasteiger charge is 2.16. The van der Waals surface area contributed by atoms with Gasteiger partial charge in [0.1, 0.15) is 5.82 Å². The molecule has 0 saturated heterocycles. The monoisotopic (exact) mass is 473 g/mol. The van der Waals surface area contributed by atoms with Gasteiger partial charge in [-0.25, -0.2) is 14.6 Å². The largest absolute Gasteiger partial charge is 0.339 e. The lowest BCUT2D eigenvalue weighted by Crippen LogP contribution is -2.07. The highest BCUT2D eigenvalue weighted by atomic mass is 79.9. The molecule has 0 saturated carbocycles. The molecule has 2 heterocycles. The second-order valence-corrected chi connectivity index (χ2v) is 8.35. The average Bonchev–Trinajstić information content (AvgIpc) is 3.11. The van der Waals surface area contributed by atoms with Crippen LogP contribution in [0.3, 0.4) is 0 Å². The van der Waals surface area contributed by atoms with E-state index in [4.69, 9.17) is 11.6 Å². The summed E-state index contributed by atoms with van der Waals surface area (Å²) in [6, 6.07) is 17.9. The van der Waals surface area contributed by atoms with Gasteiger partial charge in [0, 0.05) is 10.2 Å². The van der Waals surface area contributed by atoms with Crippen molar-refractivity contribution in [2.75, 3.05) is 11.6 Å². The van der Waals surface area contributed by atoms with Gasteiger partial charge < -0.3 is 5.32 Å². The molecule has 0 aliphatic carbocycles. The molecule has 4 aromatic rings. The summed E-state index contributed by atoms with van der Waals surface area (Å²) >= 11 is 11.6. The molecule has 0 radical (unpaired) electrons. The molecule has 0 bridgehead atoms. The number of anilines is 2. The third-order valence-corrected chi connectivity index (χ3v) is 5.67. The number of nitrogens with one attached hydrogen (secondary N) is 1. The number of fused-ring (bicyclic) bond motifs is 1. The van der Waals surface area contributed by atoms with Crippen molar-refractivity contribution in [2.24, 2.45) is 0 Å². The molecular weight excluding hydrogens is 458 g/mol. The first kappa shape index (κ1) is 19.2. The van der Waals surface area contributed by atoms with Crippen molar-refractivity contribution in [1.29, 1.82) is 0 Å². The van der Waals surface area contributed by atoms with Crippen LogP contribution in [0.15, 0.2) is 70.4 Å². The fourth-order valence-corrected chi connectivity index (χ4v) is 3.91. The Morgan fingerprint density at radius 1 is 1.14 bits per heavy atom. The summed E-state index contributed by atoms with van der Waals surface area (Å²) < 4.78 is 2.84. The van der Waals surface area contributed by atoms with Crippen molar-refractivity contribution in [1.82, 2.24) is 19.7 Å². The van der Waals surface area contributed by atoms with Crippen LogP contribution in [0.25, 0.3) is 11.0 Å². The number of aromatic nitrogens is 4. The van der Waals surface area contributed by atoms with Gasteiger partial charge in [-0.15, -0.1) is 11.6 Å². The second kappa shape index (κ2) is 8.51. The minimum absolute atomic E-state index is 0.196. The van der Waals surface area contributed by atoms with Gasteiger partial charge in [0.25, 0.3) is 0 Å². The first-order valence-electron chi connectivity index (χ1n) is 8.63. The molecule has 0 aliphatic rings. The second-order valence-electron chi connectivity index (χ2n) is 6.14. The summed E-state index contributed by atoms with van der Waals surface area (Å²) in [4.78, 5) is 9.30. The van der Waals surface area contributed by atoms with Gasteiger partial charge in [0.15, 0.2) is 10.8 Å². The zero-order valence-corrected chi connectivity index (χ0v) is 18.2. The summed E-state index contributed by atoms with van der Waals surface area (Å²) in [5.74, 6) is 0.726. The maximum absolute atomic E-state index is 6.63. The first-order chi connectivity index (χ1) is 13.6. The minimum Gasteiger partial charge on any atom is -0.339 e. The summed E-state index contributed by atoms with van der Waals surface area (Å²) in [5, 5.41) is 9.25. The van der Waals surface area contributed by atoms with E-state index in [0.717, 1.165) is 32.6 Å². The van der Waals surface area contributed by atoms with E-state index in [0.29, 0.717) is 11.7 Å². The first-order valence-corrected chi connectivity index (χ1v) is 11.1. The molecule has 0 spiro atoms. The van der Waals surface area contributed by atoms with E-state index in [-0.39, 0.29) is 5.38 Å². The Hall–Kier alpha value is -2.09. The molecule has 8 heteroatoms. The van der Waals surface area contributed by atoms with Gasteiger partial charge in [-0.1, -0.05) is 64.1 Å². The highest BCUT2D eigenvalue weighted by Crippen LogP contribution is 2.29. The van der Waals surface area contributed by atoms with Crippen LogP contribution >= 0.6 is 39.3 Å². The van der Waals surface area contributed by atoms with Crippen LogP contribution in [0.4, 0.5) is 11.5 Å². The normalized spacial score (nSPS) is 12.2. The molecule has 2 aromatic carbocycles. The number of alkyl halides is 1. The van der Waals surface area contributed by atoms with Crippen LogP contribution in [-0.4, -0.2) is 26.0 Å². The van der Waals surface area contributed by atoms with E-state index < -0.39 is 0 Å². The van der Waals surface area contributed by atoms with Crippen LogP contribution in [0.1, 0.15) is 10.9 Å². The Labute approximate surface area is 180 Å². The third kappa shape index (κ3) is 4.16. The minimum atomic E-state index is -0.196. The lowest BCUT2D eigenvalue weighted by atomic mass is 10.1. The Balaban J connectivity index is 1.70. The molecule has 0 fully saturated rings. The SMILES string of the molecule is CSc1nc(Nc2cccc(Br)c2)c2cnn(CC(Cl)c3ccccc3)c2n1. The van der Waals surface area contributed by atoms with E-state index in [1.807, 2.05) is 65.5 Å². The molecular formula is C20H17BrClN5S. The van der Waals surface area contributed by atoms with Crippen LogP contribution in [-0.2, 0) is 6.54 Å². The highest BCUT2D eigenvalue weighted by molar-refractivity contribution is 9.10. The third-order valence-electron chi connectivity index (χ3n) is 4.24. The maximum atomic E-state index is 6.63. The predicted octanol–water partition coefficient (Wildman–Crippen LogP) is 6.03. The number of rotatable bonds is 6. The average molecular weight is 475 g/mol. The number of halogens is 2. The van der Waals surface area contributed by atoms with Crippen molar-refractivity contribution in [3.8, 4) is 0 Å². The lowest BCUT2D eigenvalue weighted by Gasteiger charge is -2.12. The van der Waals surface area contributed by atoms with Crippen molar-refractivity contribution in [2.45, 2.75) is 17.1 Å². The van der Waals surface area contributed by atoms with Crippen molar-refractivity contribution in [3.05, 3.63) is 70.8 Å². The smallest absolute Gasteiger partial charge is 0.191 e. The van der Waals surface area contributed by atoms with E-state index >= 15 is 0 Å². The molecule has 28 heavy (non-hydrogen) atoms. The molecule has 0 amide bonds. The quantitative estimate of drug-likeness (QED) is 0.210. The van der Waals surface area contributed by atoms with Gasteiger partial charge >= 0.3 is 0 Å². The van der Waals surface area contributed by atoms with Crippen LogP contribution in [0.2, 0.25) is 0 Å². The summed E-state index contributed by atoms with van der Waals surface area (Å²) in [7, 11) is 0. The van der Waals surface area contributed by atoms with Gasteiger partial charge in [-0.3, -0.25) is 0 Å². The summed E-state index contributed by atoms with van der Waals surface area (Å²) in [6.07, 6.45) is 3.74. The standard InChI is InChI=1S/C20H17BrClN5S/c1-28-20-25-18(24-15-9-5-8-14(21)10-15)16-11-23-27(19(16)26-20)12-17(22)13-6-3-2-4-7-13/h2-11,17H,12H2,1H3,(H,24,25,26). The van der Waals surface area contributed by atoms with Crippen LogP contribution in [0.5, 0.6) is 0 Å².